The second-order valence-corrected chi connectivity index (χ2v) is 16.0. The van der Waals surface area contributed by atoms with Crippen LogP contribution >= 0.6 is 35.3 Å². The van der Waals surface area contributed by atoms with Gasteiger partial charge in [-0.1, -0.05) is 108 Å². The van der Waals surface area contributed by atoms with Gasteiger partial charge in [-0.25, -0.2) is 0 Å². The quantitative estimate of drug-likeness (QED) is 0.134. The summed E-state index contributed by atoms with van der Waals surface area (Å²) in [6.07, 6.45) is 0. The van der Waals surface area contributed by atoms with Gasteiger partial charge in [0.25, 0.3) is 0 Å². The highest BCUT2D eigenvalue weighted by molar-refractivity contribution is 8.14. The summed E-state index contributed by atoms with van der Waals surface area (Å²) in [4.78, 5) is 67.3. The molecule has 9 rings (SSSR count). The van der Waals surface area contributed by atoms with E-state index < -0.39 is 5.41 Å². The lowest BCUT2D eigenvalue weighted by atomic mass is 9.53. The van der Waals surface area contributed by atoms with E-state index in [1.54, 1.807) is 42.5 Å². The van der Waals surface area contributed by atoms with Crippen molar-refractivity contribution in [2.75, 3.05) is 0 Å². The first kappa shape index (κ1) is 32.3. The zero-order chi connectivity index (χ0) is 34.9. The van der Waals surface area contributed by atoms with Gasteiger partial charge in [-0.15, -0.1) is 0 Å². The van der Waals surface area contributed by atoms with Gasteiger partial charge in [-0.3, -0.25) is 24.0 Å². The standard InChI is InChI=1S/C42H26O5S3/c1-22(43)48-33-14-6-11-30-36(33)39-37-31(12-7-15-34(37)49-23(2)44)42(30,32-13-8-16-35(38(32)39)50-24(3)45)20-19-25-17-18-28-29(21-25)41(47)27-10-5-4-9-26(27)40(28)46/h4-18,21,39H,1-3H3. The Morgan fingerprint density at radius 1 is 0.540 bits per heavy atom. The van der Waals surface area contributed by atoms with Crippen molar-refractivity contribution >= 4 is 62.2 Å². The lowest BCUT2D eigenvalue weighted by Gasteiger charge is -2.49. The van der Waals surface area contributed by atoms with Crippen molar-refractivity contribution in [1.82, 2.24) is 0 Å². The summed E-state index contributed by atoms with van der Waals surface area (Å²) in [5.41, 5.74) is 6.49. The van der Waals surface area contributed by atoms with Crippen LogP contribution in [-0.4, -0.2) is 26.9 Å². The number of hydrogen-bond donors (Lipinski definition) is 0. The molecule has 242 valence electrons. The van der Waals surface area contributed by atoms with Gasteiger partial charge in [0.15, 0.2) is 26.9 Å². The molecule has 0 atom stereocenters. The van der Waals surface area contributed by atoms with Crippen molar-refractivity contribution in [3.05, 3.63) is 158 Å². The van der Waals surface area contributed by atoms with E-state index in [0.717, 1.165) is 83.4 Å². The summed E-state index contributed by atoms with van der Waals surface area (Å²) in [7, 11) is 0. The van der Waals surface area contributed by atoms with Crippen molar-refractivity contribution in [2.24, 2.45) is 0 Å². The van der Waals surface area contributed by atoms with Crippen LogP contribution in [0, 0.1) is 11.8 Å². The van der Waals surface area contributed by atoms with E-state index in [-0.39, 0.29) is 32.8 Å². The average Bonchev–Trinajstić information content (AvgIpc) is 3.09. The van der Waals surface area contributed by atoms with E-state index in [4.69, 9.17) is 0 Å². The minimum Gasteiger partial charge on any atom is -0.289 e. The van der Waals surface area contributed by atoms with E-state index in [1.807, 2.05) is 36.4 Å². The van der Waals surface area contributed by atoms with Gasteiger partial charge in [-0.2, -0.15) is 0 Å². The Morgan fingerprint density at radius 2 is 0.960 bits per heavy atom. The fraction of sp³-hybridized carbons (Fsp3) is 0.119. The molecule has 2 bridgehead atoms. The zero-order valence-corrected chi connectivity index (χ0v) is 29.5. The van der Waals surface area contributed by atoms with Crippen molar-refractivity contribution in [2.45, 2.75) is 46.8 Å². The topological polar surface area (TPSA) is 85.3 Å². The predicted octanol–water partition coefficient (Wildman–Crippen LogP) is 8.57. The summed E-state index contributed by atoms with van der Waals surface area (Å²) >= 11 is 3.48. The number of carbonyl (C=O) groups is 5. The van der Waals surface area contributed by atoms with Crippen LogP contribution in [0.25, 0.3) is 0 Å². The summed E-state index contributed by atoms with van der Waals surface area (Å²) < 4.78 is 0. The molecule has 4 aliphatic rings. The number of benzene rings is 5. The molecule has 4 aliphatic carbocycles. The molecule has 50 heavy (non-hydrogen) atoms. The molecule has 8 heteroatoms. The Bertz CT molecular complexity index is 2300. The summed E-state index contributed by atoms with van der Waals surface area (Å²) in [6, 6.07) is 29.8. The zero-order valence-electron chi connectivity index (χ0n) is 27.1. The third-order valence-electron chi connectivity index (χ3n) is 9.36. The molecule has 0 aromatic heterocycles. The first-order chi connectivity index (χ1) is 24.1. The number of carbonyl (C=O) groups excluding carboxylic acids is 5. The minimum atomic E-state index is -1.06. The Labute approximate surface area is 301 Å². The molecule has 0 heterocycles. The number of rotatable bonds is 3. The van der Waals surface area contributed by atoms with E-state index in [2.05, 4.69) is 30.0 Å². The van der Waals surface area contributed by atoms with Gasteiger partial charge in [-0.05, 0) is 69.8 Å². The molecule has 0 radical (unpaired) electrons. The highest BCUT2D eigenvalue weighted by atomic mass is 32.2. The minimum absolute atomic E-state index is 0.0620. The second-order valence-electron chi connectivity index (χ2n) is 12.3. The fourth-order valence-electron chi connectivity index (χ4n) is 7.65. The SMILES string of the molecule is CC(=O)Sc1cccc2c1C1c3c(SC(C)=O)cccc3C2(C#Cc2ccc3c(c2)C(=O)c2ccccc2C3=O)c2cccc(SC(C)=O)c21. The van der Waals surface area contributed by atoms with Crippen LogP contribution in [0.3, 0.4) is 0 Å². The van der Waals surface area contributed by atoms with Gasteiger partial charge >= 0.3 is 0 Å². The molecule has 0 unspecified atom stereocenters. The molecule has 0 saturated carbocycles. The van der Waals surface area contributed by atoms with Crippen molar-refractivity contribution in [3.63, 3.8) is 0 Å². The maximum Gasteiger partial charge on any atom is 0.194 e. The molecular formula is C42H26O5S3. The number of thioether (sulfide) groups is 3. The second kappa shape index (κ2) is 12.1. The monoisotopic (exact) mass is 706 g/mol. The highest BCUT2D eigenvalue weighted by Crippen LogP contribution is 2.63. The molecule has 0 spiro atoms. The van der Waals surface area contributed by atoms with Crippen LogP contribution in [0.5, 0.6) is 0 Å². The first-order valence-corrected chi connectivity index (χ1v) is 18.4. The van der Waals surface area contributed by atoms with Gasteiger partial charge in [0.05, 0.1) is 0 Å². The number of ketones is 2. The highest BCUT2D eigenvalue weighted by Gasteiger charge is 2.53. The molecule has 0 saturated heterocycles. The van der Waals surface area contributed by atoms with E-state index in [9.17, 15) is 24.0 Å². The summed E-state index contributed by atoms with van der Waals surface area (Å²) in [6.45, 7) is 4.62. The lowest BCUT2D eigenvalue weighted by Crippen LogP contribution is -2.42. The van der Waals surface area contributed by atoms with E-state index in [0.29, 0.717) is 27.8 Å². The van der Waals surface area contributed by atoms with Crippen LogP contribution in [-0.2, 0) is 19.8 Å². The van der Waals surface area contributed by atoms with E-state index >= 15 is 0 Å². The summed E-state index contributed by atoms with van der Waals surface area (Å²) in [5.74, 6) is 6.30. The first-order valence-electron chi connectivity index (χ1n) is 15.9. The molecule has 0 amide bonds. The van der Waals surface area contributed by atoms with Gasteiger partial charge in [0.1, 0.15) is 5.41 Å². The Morgan fingerprint density at radius 3 is 1.40 bits per heavy atom. The Balaban J connectivity index is 1.43. The van der Waals surface area contributed by atoms with Gasteiger partial charge in [0, 0.05) is 69.2 Å². The van der Waals surface area contributed by atoms with Crippen molar-refractivity contribution in [1.29, 1.82) is 0 Å². The maximum atomic E-state index is 13.6. The largest absolute Gasteiger partial charge is 0.289 e. The third-order valence-corrected chi connectivity index (χ3v) is 11.9. The maximum absolute atomic E-state index is 13.6. The molecular weight excluding hydrogens is 681 g/mol. The van der Waals surface area contributed by atoms with Crippen LogP contribution < -0.4 is 0 Å². The summed E-state index contributed by atoms with van der Waals surface area (Å²) in [5, 5.41) is -0.186. The number of fused-ring (bicyclic) bond motifs is 2. The van der Waals surface area contributed by atoms with Crippen molar-refractivity contribution < 1.29 is 24.0 Å². The van der Waals surface area contributed by atoms with Crippen molar-refractivity contribution in [3.8, 4) is 11.8 Å². The Kier molecular flexibility index (Phi) is 7.83. The van der Waals surface area contributed by atoms with E-state index in [1.165, 1.54) is 20.8 Å². The molecule has 5 nitrogen and oxygen atoms in total. The molecule has 0 N–H and O–H groups in total. The van der Waals surface area contributed by atoms with Crippen LogP contribution in [0.1, 0.15) is 97.5 Å². The number of hydrogen-bond acceptors (Lipinski definition) is 8. The average molecular weight is 707 g/mol. The molecule has 0 fully saturated rings. The van der Waals surface area contributed by atoms with Crippen LogP contribution in [0.15, 0.2) is 112 Å². The van der Waals surface area contributed by atoms with Crippen LogP contribution in [0.4, 0.5) is 0 Å². The predicted molar refractivity (Wildman–Crippen MR) is 196 cm³/mol. The fourth-order valence-corrected chi connectivity index (χ4v) is 10.0. The van der Waals surface area contributed by atoms with Gasteiger partial charge in [0.2, 0.25) is 0 Å². The molecule has 0 aliphatic heterocycles. The normalized spacial score (nSPS) is 17.4. The van der Waals surface area contributed by atoms with Crippen LogP contribution in [0.2, 0.25) is 0 Å². The third kappa shape index (κ3) is 4.87. The smallest absolute Gasteiger partial charge is 0.194 e. The Hall–Kier alpha value is -4.94. The lowest BCUT2D eigenvalue weighted by molar-refractivity contribution is -0.109. The molecule has 5 aromatic carbocycles. The molecule has 5 aromatic rings. The van der Waals surface area contributed by atoms with Gasteiger partial charge < -0.3 is 0 Å².